The number of fused-ring (bicyclic) bond motifs is 1. The number of aromatic nitrogens is 4. The van der Waals surface area contributed by atoms with Crippen LogP contribution >= 0.6 is 11.8 Å². The van der Waals surface area contributed by atoms with Crippen molar-refractivity contribution in [2.75, 3.05) is 11.9 Å². The van der Waals surface area contributed by atoms with Crippen molar-refractivity contribution in [3.05, 3.63) is 29.8 Å². The molecule has 0 aromatic carbocycles. The molecular weight excluding hydrogens is 246 g/mol. The first-order chi connectivity index (χ1) is 8.88. The summed E-state index contributed by atoms with van der Waals surface area (Å²) in [6.45, 7) is 2.92. The Morgan fingerprint density at radius 1 is 1.28 bits per heavy atom. The van der Waals surface area contributed by atoms with Gasteiger partial charge in [-0.3, -0.25) is 4.98 Å². The van der Waals surface area contributed by atoms with Gasteiger partial charge < -0.3 is 5.32 Å². The van der Waals surface area contributed by atoms with E-state index in [-0.39, 0.29) is 0 Å². The number of hydrogen-bond donors (Lipinski definition) is 1. The molecule has 0 aliphatic carbocycles. The van der Waals surface area contributed by atoms with E-state index in [2.05, 4.69) is 32.2 Å². The Kier molecular flexibility index (Phi) is 3.10. The molecule has 1 aliphatic heterocycles. The van der Waals surface area contributed by atoms with Gasteiger partial charge in [0.2, 0.25) is 0 Å². The molecule has 6 heteroatoms. The fraction of sp³-hybridized carbons (Fsp3) is 0.333. The van der Waals surface area contributed by atoms with E-state index in [1.165, 1.54) is 5.56 Å². The second kappa shape index (κ2) is 4.89. The van der Waals surface area contributed by atoms with E-state index < -0.39 is 0 Å². The molecule has 0 amide bonds. The average molecular weight is 259 g/mol. The number of nitrogens with zero attached hydrogens (tertiary/aromatic N) is 4. The zero-order valence-corrected chi connectivity index (χ0v) is 10.9. The highest BCUT2D eigenvalue weighted by atomic mass is 32.2. The molecule has 0 radical (unpaired) electrons. The summed E-state index contributed by atoms with van der Waals surface area (Å²) < 4.78 is 0. The van der Waals surface area contributed by atoms with Gasteiger partial charge in [0, 0.05) is 36.0 Å². The molecule has 2 aromatic heterocycles. The summed E-state index contributed by atoms with van der Waals surface area (Å²) in [5.74, 6) is 3.52. The van der Waals surface area contributed by atoms with Crippen LogP contribution in [-0.2, 0) is 11.5 Å². The van der Waals surface area contributed by atoms with Gasteiger partial charge in [0.1, 0.15) is 11.5 Å². The quantitative estimate of drug-likeness (QED) is 0.910. The van der Waals surface area contributed by atoms with E-state index in [1.807, 2.05) is 11.8 Å². The average Bonchev–Trinajstić information content (AvgIpc) is 2.88. The van der Waals surface area contributed by atoms with E-state index in [0.29, 0.717) is 5.82 Å². The molecule has 18 heavy (non-hydrogen) atoms. The van der Waals surface area contributed by atoms with Crippen LogP contribution in [-0.4, -0.2) is 26.5 Å². The summed E-state index contributed by atoms with van der Waals surface area (Å²) in [5.41, 5.74) is 3.07. The molecule has 2 aromatic rings. The van der Waals surface area contributed by atoms with Crippen molar-refractivity contribution in [1.82, 2.24) is 19.9 Å². The van der Waals surface area contributed by atoms with Gasteiger partial charge in [-0.1, -0.05) is 0 Å². The lowest BCUT2D eigenvalue weighted by Gasteiger charge is -2.09. The summed E-state index contributed by atoms with van der Waals surface area (Å²) in [6, 6.07) is 0. The minimum Gasteiger partial charge on any atom is -0.370 e. The van der Waals surface area contributed by atoms with Crippen molar-refractivity contribution in [3.63, 3.8) is 0 Å². The third-order valence-corrected chi connectivity index (χ3v) is 3.68. The van der Waals surface area contributed by atoms with Crippen molar-refractivity contribution in [3.8, 4) is 11.5 Å². The normalized spacial score (nSPS) is 13.4. The molecule has 0 unspecified atom stereocenters. The summed E-state index contributed by atoms with van der Waals surface area (Å²) in [4.78, 5) is 17.5. The largest absolute Gasteiger partial charge is 0.370 e. The molecule has 0 saturated heterocycles. The Labute approximate surface area is 109 Å². The van der Waals surface area contributed by atoms with Crippen LogP contribution < -0.4 is 5.32 Å². The summed E-state index contributed by atoms with van der Waals surface area (Å²) in [6.07, 6.45) is 5.01. The van der Waals surface area contributed by atoms with Crippen molar-refractivity contribution in [2.45, 2.75) is 18.4 Å². The van der Waals surface area contributed by atoms with Crippen LogP contribution in [0, 0.1) is 0 Å². The molecule has 1 N–H and O–H groups in total. The first-order valence-electron chi connectivity index (χ1n) is 5.86. The Balaban J connectivity index is 2.09. The molecule has 0 saturated carbocycles. The van der Waals surface area contributed by atoms with Gasteiger partial charge in [-0.05, 0) is 6.92 Å². The zero-order valence-electron chi connectivity index (χ0n) is 10.1. The van der Waals surface area contributed by atoms with Crippen molar-refractivity contribution >= 4 is 17.6 Å². The predicted molar refractivity (Wildman–Crippen MR) is 72.2 cm³/mol. The van der Waals surface area contributed by atoms with Crippen LogP contribution in [0.15, 0.2) is 18.6 Å². The first kappa shape index (κ1) is 11.4. The highest BCUT2D eigenvalue weighted by Crippen LogP contribution is 2.33. The summed E-state index contributed by atoms with van der Waals surface area (Å²) in [7, 11) is 0. The second-order valence-corrected chi connectivity index (χ2v) is 4.92. The van der Waals surface area contributed by atoms with Crippen LogP contribution in [0.1, 0.15) is 18.2 Å². The lowest BCUT2D eigenvalue weighted by molar-refractivity contribution is 1.03. The fourth-order valence-corrected chi connectivity index (χ4v) is 2.94. The van der Waals surface area contributed by atoms with Crippen molar-refractivity contribution in [1.29, 1.82) is 0 Å². The summed E-state index contributed by atoms with van der Waals surface area (Å²) in [5, 5.41) is 3.31. The molecule has 3 rings (SSSR count). The third kappa shape index (κ3) is 2.03. The van der Waals surface area contributed by atoms with Gasteiger partial charge in [-0.25, -0.2) is 15.0 Å². The Bertz CT molecular complexity index is 558. The van der Waals surface area contributed by atoms with Gasteiger partial charge in [-0.2, -0.15) is 11.8 Å². The first-order valence-corrected chi connectivity index (χ1v) is 7.01. The number of hydrogen-bond acceptors (Lipinski definition) is 6. The van der Waals surface area contributed by atoms with Gasteiger partial charge >= 0.3 is 0 Å². The molecule has 1 aliphatic rings. The minimum absolute atomic E-state index is 0.653. The molecule has 0 fully saturated rings. The highest BCUT2D eigenvalue weighted by Gasteiger charge is 2.20. The molecule has 3 heterocycles. The molecule has 0 atom stereocenters. The van der Waals surface area contributed by atoms with E-state index in [0.717, 1.165) is 35.3 Å². The zero-order chi connectivity index (χ0) is 12.4. The van der Waals surface area contributed by atoms with Crippen LogP contribution in [0.5, 0.6) is 0 Å². The second-order valence-electron chi connectivity index (χ2n) is 3.93. The van der Waals surface area contributed by atoms with Crippen LogP contribution in [0.4, 0.5) is 5.82 Å². The predicted octanol–water partition coefficient (Wildman–Crippen LogP) is 2.11. The van der Waals surface area contributed by atoms with Gasteiger partial charge in [0.15, 0.2) is 5.82 Å². The standard InChI is InChI=1S/C12H13N5S/c1-2-14-11-8-6-18-7-10(8)16-12(17-11)9-5-13-3-4-15-9/h3-5H,2,6-7H2,1H3,(H,14,16,17). The van der Waals surface area contributed by atoms with Crippen LogP contribution in [0.25, 0.3) is 11.5 Å². The van der Waals surface area contributed by atoms with Gasteiger partial charge in [-0.15, -0.1) is 0 Å². The lowest BCUT2D eigenvalue weighted by Crippen LogP contribution is -2.07. The van der Waals surface area contributed by atoms with E-state index in [4.69, 9.17) is 0 Å². The van der Waals surface area contributed by atoms with Gasteiger partial charge in [0.25, 0.3) is 0 Å². The lowest BCUT2D eigenvalue weighted by atomic mass is 10.2. The topological polar surface area (TPSA) is 63.6 Å². The van der Waals surface area contributed by atoms with Crippen molar-refractivity contribution < 1.29 is 0 Å². The van der Waals surface area contributed by atoms with Crippen molar-refractivity contribution in [2.24, 2.45) is 0 Å². The maximum Gasteiger partial charge on any atom is 0.182 e. The van der Waals surface area contributed by atoms with E-state index in [9.17, 15) is 0 Å². The smallest absolute Gasteiger partial charge is 0.182 e. The maximum absolute atomic E-state index is 4.59. The number of nitrogens with one attached hydrogen (secondary N) is 1. The SMILES string of the molecule is CCNc1nc(-c2cnccn2)nc2c1CSC2. The Morgan fingerprint density at radius 2 is 2.22 bits per heavy atom. The molecular formula is C12H13N5S. The monoisotopic (exact) mass is 259 g/mol. The highest BCUT2D eigenvalue weighted by molar-refractivity contribution is 7.98. The summed E-state index contributed by atoms with van der Waals surface area (Å²) >= 11 is 1.87. The van der Waals surface area contributed by atoms with Gasteiger partial charge in [0.05, 0.1) is 11.9 Å². The van der Waals surface area contributed by atoms with Crippen LogP contribution in [0.2, 0.25) is 0 Å². The Morgan fingerprint density at radius 3 is 3.00 bits per heavy atom. The van der Waals surface area contributed by atoms with Crippen LogP contribution in [0.3, 0.4) is 0 Å². The maximum atomic E-state index is 4.59. The Hall–Kier alpha value is -1.69. The third-order valence-electron chi connectivity index (χ3n) is 2.71. The molecule has 5 nitrogen and oxygen atoms in total. The number of thioether (sulfide) groups is 1. The van der Waals surface area contributed by atoms with E-state index >= 15 is 0 Å². The fourth-order valence-electron chi connectivity index (χ4n) is 1.89. The number of rotatable bonds is 3. The number of anilines is 1. The van der Waals surface area contributed by atoms with E-state index in [1.54, 1.807) is 18.6 Å². The molecule has 0 bridgehead atoms. The molecule has 0 spiro atoms. The molecule has 92 valence electrons. The minimum atomic E-state index is 0.653.